The lowest BCUT2D eigenvalue weighted by Crippen LogP contribution is -2.02. The molecule has 0 saturated heterocycles. The fourth-order valence-electron chi connectivity index (χ4n) is 2.29. The van der Waals surface area contributed by atoms with Gasteiger partial charge in [-0.05, 0) is 6.07 Å². The van der Waals surface area contributed by atoms with Gasteiger partial charge in [0.2, 0.25) is 0 Å². The first-order chi connectivity index (χ1) is 10.3. The van der Waals surface area contributed by atoms with Gasteiger partial charge in [-0.2, -0.15) is 0 Å². The Labute approximate surface area is 116 Å². The van der Waals surface area contributed by atoms with Gasteiger partial charge in [-0.15, -0.1) is 0 Å². The highest BCUT2D eigenvalue weighted by atomic mass is 19.2. The second-order valence-corrected chi connectivity index (χ2v) is 4.44. The van der Waals surface area contributed by atoms with Crippen LogP contribution in [0.25, 0.3) is 21.5 Å². The Bertz CT molecular complexity index is 961. The van der Waals surface area contributed by atoms with Crippen molar-refractivity contribution >= 4 is 21.5 Å². The lowest BCUT2D eigenvalue weighted by Gasteiger charge is -2.11. The standard InChI is InChI=1S/C14H2F8/c15-4-2-6(17)11(19)9-8(4)7-3(10(18)14(9)22)1-5(16)12(20)13(7)21/h1-2H. The van der Waals surface area contributed by atoms with Crippen LogP contribution >= 0.6 is 0 Å². The molecule has 0 unspecified atom stereocenters. The normalized spacial score (nSPS) is 11.6. The van der Waals surface area contributed by atoms with Crippen LogP contribution in [-0.4, -0.2) is 0 Å². The van der Waals surface area contributed by atoms with Gasteiger partial charge in [0, 0.05) is 22.2 Å². The van der Waals surface area contributed by atoms with E-state index in [1.807, 2.05) is 0 Å². The molecule has 3 rings (SSSR count). The molecule has 0 aliphatic heterocycles. The van der Waals surface area contributed by atoms with Crippen LogP contribution in [0.15, 0.2) is 12.1 Å². The lowest BCUT2D eigenvalue weighted by atomic mass is 9.98. The molecule has 0 bridgehead atoms. The van der Waals surface area contributed by atoms with Crippen LogP contribution < -0.4 is 0 Å². The second kappa shape index (κ2) is 4.56. The largest absolute Gasteiger partial charge is 0.206 e. The van der Waals surface area contributed by atoms with Crippen molar-refractivity contribution in [1.29, 1.82) is 0 Å². The summed E-state index contributed by atoms with van der Waals surface area (Å²) in [4.78, 5) is 0. The molecule has 0 amide bonds. The van der Waals surface area contributed by atoms with E-state index in [0.29, 0.717) is 0 Å². The average Bonchev–Trinajstić information content (AvgIpc) is 2.46. The van der Waals surface area contributed by atoms with E-state index in [-0.39, 0.29) is 12.1 Å². The Morgan fingerprint density at radius 3 is 1.59 bits per heavy atom. The zero-order valence-electron chi connectivity index (χ0n) is 10.2. The monoisotopic (exact) mass is 322 g/mol. The molecule has 0 aliphatic rings. The highest BCUT2D eigenvalue weighted by molar-refractivity contribution is 6.09. The first-order valence-electron chi connectivity index (χ1n) is 5.67. The molecule has 0 aliphatic carbocycles. The van der Waals surface area contributed by atoms with Gasteiger partial charge in [0.15, 0.2) is 40.7 Å². The molecule has 8 heteroatoms. The Morgan fingerprint density at radius 2 is 0.955 bits per heavy atom. The highest BCUT2D eigenvalue weighted by Gasteiger charge is 2.27. The number of rotatable bonds is 0. The molecule has 3 aromatic rings. The maximum atomic E-state index is 13.8. The van der Waals surface area contributed by atoms with Crippen LogP contribution in [-0.2, 0) is 0 Å². The van der Waals surface area contributed by atoms with Crippen molar-refractivity contribution in [3.63, 3.8) is 0 Å². The molecule has 3 aromatic carbocycles. The van der Waals surface area contributed by atoms with Crippen molar-refractivity contribution < 1.29 is 35.1 Å². The second-order valence-electron chi connectivity index (χ2n) is 4.44. The van der Waals surface area contributed by atoms with E-state index in [1.54, 1.807) is 0 Å². The first-order valence-corrected chi connectivity index (χ1v) is 5.67. The van der Waals surface area contributed by atoms with Crippen molar-refractivity contribution in [3.8, 4) is 0 Å². The van der Waals surface area contributed by atoms with Crippen LogP contribution in [0.3, 0.4) is 0 Å². The maximum absolute atomic E-state index is 13.8. The molecule has 0 aromatic heterocycles. The van der Waals surface area contributed by atoms with E-state index >= 15 is 0 Å². The average molecular weight is 322 g/mol. The zero-order valence-corrected chi connectivity index (χ0v) is 10.2. The van der Waals surface area contributed by atoms with Crippen LogP contribution in [0.5, 0.6) is 0 Å². The minimum Gasteiger partial charge on any atom is -0.206 e. The maximum Gasteiger partial charge on any atom is 0.195 e. The van der Waals surface area contributed by atoms with Crippen molar-refractivity contribution in [1.82, 2.24) is 0 Å². The lowest BCUT2D eigenvalue weighted by molar-refractivity contribution is 0.451. The van der Waals surface area contributed by atoms with E-state index in [2.05, 4.69) is 0 Å². The number of hydrogen-bond acceptors (Lipinski definition) is 0. The third kappa shape index (κ3) is 1.69. The van der Waals surface area contributed by atoms with E-state index < -0.39 is 68.1 Å². The van der Waals surface area contributed by atoms with Crippen molar-refractivity contribution in [3.05, 3.63) is 58.7 Å². The van der Waals surface area contributed by atoms with E-state index in [0.717, 1.165) is 0 Å². The zero-order chi connectivity index (χ0) is 16.3. The number of fused-ring (bicyclic) bond motifs is 3. The number of benzene rings is 3. The summed E-state index contributed by atoms with van der Waals surface area (Å²) in [6.07, 6.45) is 0. The third-order valence-electron chi connectivity index (χ3n) is 3.23. The number of hydrogen-bond donors (Lipinski definition) is 0. The van der Waals surface area contributed by atoms with Crippen LogP contribution in [0, 0.1) is 46.5 Å². The van der Waals surface area contributed by atoms with E-state index in [4.69, 9.17) is 0 Å². The Morgan fingerprint density at radius 1 is 0.409 bits per heavy atom. The van der Waals surface area contributed by atoms with Gasteiger partial charge >= 0.3 is 0 Å². The molecule has 0 nitrogen and oxygen atoms in total. The van der Waals surface area contributed by atoms with Gasteiger partial charge in [0.05, 0.1) is 5.39 Å². The van der Waals surface area contributed by atoms with Crippen LogP contribution in [0.1, 0.15) is 0 Å². The molecule has 0 fully saturated rings. The summed E-state index contributed by atoms with van der Waals surface area (Å²) in [5, 5.41) is -5.09. The molecular weight excluding hydrogens is 320 g/mol. The van der Waals surface area contributed by atoms with Gasteiger partial charge in [-0.3, -0.25) is 0 Å². The van der Waals surface area contributed by atoms with Gasteiger partial charge in [-0.1, -0.05) is 0 Å². The molecule has 0 atom stereocenters. The quantitative estimate of drug-likeness (QED) is 0.234. The van der Waals surface area contributed by atoms with Crippen LogP contribution in [0.2, 0.25) is 0 Å². The summed E-state index contributed by atoms with van der Waals surface area (Å²) in [6, 6.07) is 0.0709. The molecule has 0 spiro atoms. The topological polar surface area (TPSA) is 0 Å². The molecule has 22 heavy (non-hydrogen) atoms. The smallest absolute Gasteiger partial charge is 0.195 e. The molecule has 0 N–H and O–H groups in total. The minimum atomic E-state index is -2.08. The van der Waals surface area contributed by atoms with Gasteiger partial charge in [0.1, 0.15) is 5.82 Å². The summed E-state index contributed by atoms with van der Waals surface area (Å²) in [5.74, 6) is -15.4. The van der Waals surface area contributed by atoms with Crippen molar-refractivity contribution in [2.45, 2.75) is 0 Å². The van der Waals surface area contributed by atoms with Gasteiger partial charge < -0.3 is 0 Å². The molecular formula is C14H2F8. The van der Waals surface area contributed by atoms with E-state index in [1.165, 1.54) is 0 Å². The summed E-state index contributed by atoms with van der Waals surface area (Å²) in [6.45, 7) is 0. The first kappa shape index (κ1) is 14.6. The molecule has 0 saturated carbocycles. The SMILES string of the molecule is Fc1cc2c(F)c(F)c3c(F)c(F)cc(F)c3c2c(F)c1F. The minimum absolute atomic E-state index is 0.0326. The summed E-state index contributed by atoms with van der Waals surface area (Å²) < 4.78 is 108. The fraction of sp³-hybridized carbons (Fsp3) is 0. The van der Waals surface area contributed by atoms with Crippen molar-refractivity contribution in [2.24, 2.45) is 0 Å². The molecule has 114 valence electrons. The van der Waals surface area contributed by atoms with Crippen LogP contribution in [0.4, 0.5) is 35.1 Å². The Kier molecular flexibility index (Phi) is 3.01. The summed E-state index contributed by atoms with van der Waals surface area (Å²) in [5.41, 5.74) is 0. The van der Waals surface area contributed by atoms with Gasteiger partial charge in [0.25, 0.3) is 0 Å². The predicted molar refractivity (Wildman–Crippen MR) is 61.1 cm³/mol. The summed E-state index contributed by atoms with van der Waals surface area (Å²) >= 11 is 0. The van der Waals surface area contributed by atoms with Gasteiger partial charge in [-0.25, -0.2) is 35.1 Å². The molecule has 0 radical (unpaired) electrons. The third-order valence-corrected chi connectivity index (χ3v) is 3.23. The molecule has 0 heterocycles. The predicted octanol–water partition coefficient (Wildman–Crippen LogP) is 5.11. The summed E-state index contributed by atoms with van der Waals surface area (Å²) in [7, 11) is 0. The van der Waals surface area contributed by atoms with Crippen molar-refractivity contribution in [2.75, 3.05) is 0 Å². The fourth-order valence-corrected chi connectivity index (χ4v) is 2.29. The van der Waals surface area contributed by atoms with E-state index in [9.17, 15) is 35.1 Å². The Hall–Kier alpha value is -2.38. The number of halogens is 8. The highest BCUT2D eigenvalue weighted by Crippen LogP contribution is 2.37. The Balaban J connectivity index is 2.79.